The van der Waals surface area contributed by atoms with E-state index in [9.17, 15) is 9.59 Å². The Balaban J connectivity index is 1.86. The first-order valence-electron chi connectivity index (χ1n) is 9.72. The lowest BCUT2D eigenvalue weighted by atomic mass is 9.42. The van der Waals surface area contributed by atoms with Gasteiger partial charge in [-0.2, -0.15) is 0 Å². The maximum atomic E-state index is 12.7. The highest BCUT2D eigenvalue weighted by Crippen LogP contribution is 2.70. The topological polar surface area (TPSA) is 73.6 Å². The number of ketones is 1. The highest BCUT2D eigenvalue weighted by atomic mass is 16.2. The largest absolute Gasteiger partial charge is 0.317 e. The zero-order valence-electron chi connectivity index (χ0n) is 16.0. The number of fused-ring (bicyclic) bond motifs is 5. The van der Waals surface area contributed by atoms with Gasteiger partial charge in [0.05, 0.1) is 0 Å². The minimum Gasteiger partial charge on any atom is -0.317 e. The Morgan fingerprint density at radius 1 is 1.23 bits per heavy atom. The van der Waals surface area contributed by atoms with E-state index in [1.807, 2.05) is 7.05 Å². The first-order chi connectivity index (χ1) is 12.2. The average molecular weight is 355 g/mol. The van der Waals surface area contributed by atoms with Crippen molar-refractivity contribution in [3.8, 4) is 0 Å². The highest BCUT2D eigenvalue weighted by Gasteiger charge is 2.70. The van der Waals surface area contributed by atoms with Crippen molar-refractivity contribution < 1.29 is 9.59 Å². The minimum atomic E-state index is -0.625. The van der Waals surface area contributed by atoms with E-state index in [4.69, 9.17) is 5.41 Å². The number of nitrogens with zero attached hydrogens (tertiary/aromatic N) is 2. The van der Waals surface area contributed by atoms with Crippen molar-refractivity contribution in [2.45, 2.75) is 58.0 Å². The van der Waals surface area contributed by atoms with Crippen LogP contribution in [0.15, 0.2) is 17.1 Å². The fraction of sp³-hybridized carbons (Fsp3) is 0.714. The summed E-state index contributed by atoms with van der Waals surface area (Å²) in [7, 11) is 1.83. The van der Waals surface area contributed by atoms with E-state index in [0.717, 1.165) is 32.1 Å². The Kier molecular flexibility index (Phi) is 3.49. The summed E-state index contributed by atoms with van der Waals surface area (Å²) in [4.78, 5) is 31.4. The average Bonchev–Trinajstić information content (AvgIpc) is 2.91. The van der Waals surface area contributed by atoms with E-state index in [1.165, 1.54) is 0 Å². The minimum absolute atomic E-state index is 0.0215. The molecule has 140 valence electrons. The van der Waals surface area contributed by atoms with Crippen molar-refractivity contribution in [1.82, 2.24) is 4.90 Å². The van der Waals surface area contributed by atoms with Crippen LogP contribution in [0.5, 0.6) is 0 Å². The lowest BCUT2D eigenvalue weighted by Gasteiger charge is -2.65. The number of rotatable bonds is 2. The summed E-state index contributed by atoms with van der Waals surface area (Å²) in [6, 6.07) is 0. The number of hydrogen-bond donors (Lipinski definition) is 1. The molecule has 0 bridgehead atoms. The fourth-order valence-corrected chi connectivity index (χ4v) is 7.22. The van der Waals surface area contributed by atoms with Gasteiger partial charge in [0.15, 0.2) is 0 Å². The highest BCUT2D eigenvalue weighted by molar-refractivity contribution is 5.93. The van der Waals surface area contributed by atoms with Gasteiger partial charge in [0.1, 0.15) is 11.4 Å². The number of Topliss-reactive ketones (excluding diaryl/α,β-unsaturated/α-hetero) is 1. The Bertz CT molecular complexity index is 746. The molecule has 3 aliphatic carbocycles. The molecular weight excluding hydrogens is 326 g/mol. The number of nitrogens with one attached hydrogen (secondary N) is 1. The number of likely N-dealkylation sites (N-methyl/N-ethyl adjacent to an activating group) is 1. The number of aliphatic imine (C=N–C) groups is 1. The van der Waals surface area contributed by atoms with Crippen molar-refractivity contribution in [3.05, 3.63) is 12.2 Å². The third-order valence-corrected chi connectivity index (χ3v) is 8.92. The molecule has 3 saturated carbocycles. The molecule has 1 N–H and O–H groups in total. The van der Waals surface area contributed by atoms with Crippen molar-refractivity contribution in [2.24, 2.45) is 33.1 Å². The standard InChI is InChI=1S/C21H29N3O2/c1-18-10-8-17(26)24(4)21(18,23-3)12-6-15-14(18)5-9-19(2)16(25)7-11-20(15,19)13-22/h8,10,13-15,22H,3,5-7,9,11-12H2,1-2,4H3/t14?,15?,18-,19-,20-,21-/m1/s1. The predicted molar refractivity (Wildman–Crippen MR) is 101 cm³/mol. The van der Waals surface area contributed by atoms with Crippen molar-refractivity contribution in [2.75, 3.05) is 7.05 Å². The van der Waals surface area contributed by atoms with Crippen molar-refractivity contribution in [1.29, 1.82) is 5.41 Å². The van der Waals surface area contributed by atoms with Crippen LogP contribution in [0.2, 0.25) is 0 Å². The van der Waals surface area contributed by atoms with Gasteiger partial charge in [-0.3, -0.25) is 14.6 Å². The van der Waals surface area contributed by atoms with E-state index in [0.29, 0.717) is 12.2 Å². The molecule has 0 saturated heterocycles. The number of carbonyl (C=O) groups is 2. The summed E-state index contributed by atoms with van der Waals surface area (Å²) in [6.07, 6.45) is 10.1. The molecule has 0 spiro atoms. The van der Waals surface area contributed by atoms with Crippen molar-refractivity contribution >= 4 is 24.6 Å². The van der Waals surface area contributed by atoms with Crippen LogP contribution in [-0.4, -0.2) is 42.2 Å². The van der Waals surface area contributed by atoms with E-state index < -0.39 is 11.1 Å². The molecule has 0 aromatic rings. The zero-order chi connectivity index (χ0) is 19.0. The summed E-state index contributed by atoms with van der Waals surface area (Å²) >= 11 is 0. The molecule has 6 atom stereocenters. The number of amides is 1. The maximum Gasteiger partial charge on any atom is 0.247 e. The van der Waals surface area contributed by atoms with Gasteiger partial charge in [0, 0.05) is 35.9 Å². The first-order valence-corrected chi connectivity index (χ1v) is 9.72. The fourth-order valence-electron chi connectivity index (χ4n) is 7.22. The lowest BCUT2D eigenvalue weighted by molar-refractivity contribution is -0.163. The molecule has 4 aliphatic rings. The molecule has 0 aromatic carbocycles. The van der Waals surface area contributed by atoms with Crippen molar-refractivity contribution in [3.63, 3.8) is 0 Å². The Labute approximate surface area is 155 Å². The molecule has 5 nitrogen and oxygen atoms in total. The van der Waals surface area contributed by atoms with Gasteiger partial charge in [-0.05, 0) is 56.7 Å². The Morgan fingerprint density at radius 2 is 1.92 bits per heavy atom. The molecule has 2 unspecified atom stereocenters. The van der Waals surface area contributed by atoms with Gasteiger partial charge in [-0.1, -0.05) is 19.9 Å². The first kappa shape index (κ1) is 17.6. The smallest absolute Gasteiger partial charge is 0.247 e. The summed E-state index contributed by atoms with van der Waals surface area (Å²) in [5, 5.41) is 8.32. The maximum absolute atomic E-state index is 12.7. The Morgan fingerprint density at radius 3 is 2.58 bits per heavy atom. The zero-order valence-corrected chi connectivity index (χ0v) is 16.0. The second-order valence-electron chi connectivity index (χ2n) is 9.22. The van der Waals surface area contributed by atoms with Gasteiger partial charge in [-0.25, -0.2) is 0 Å². The monoisotopic (exact) mass is 355 g/mol. The Hall–Kier alpha value is -1.78. The predicted octanol–water partition coefficient (Wildman–Crippen LogP) is 3.24. The number of hydrogen-bond acceptors (Lipinski definition) is 4. The molecule has 0 radical (unpaired) electrons. The molecule has 26 heavy (non-hydrogen) atoms. The quantitative estimate of drug-likeness (QED) is 0.772. The van der Waals surface area contributed by atoms with E-state index in [2.05, 4.69) is 31.6 Å². The van der Waals surface area contributed by atoms with Gasteiger partial charge < -0.3 is 10.3 Å². The van der Waals surface area contributed by atoms with Crippen LogP contribution in [-0.2, 0) is 9.59 Å². The number of carbonyl (C=O) groups excluding carboxylic acids is 2. The molecule has 1 heterocycles. The summed E-state index contributed by atoms with van der Waals surface area (Å²) in [5.41, 5.74) is -1.70. The van der Waals surface area contributed by atoms with Crippen LogP contribution < -0.4 is 0 Å². The second-order valence-corrected chi connectivity index (χ2v) is 9.22. The van der Waals surface area contributed by atoms with Crippen LogP contribution >= 0.6 is 0 Å². The van der Waals surface area contributed by atoms with Gasteiger partial charge in [0.2, 0.25) is 5.91 Å². The molecule has 4 rings (SSSR count). The summed E-state index contributed by atoms with van der Waals surface area (Å²) < 4.78 is 0. The normalized spacial score (nSPS) is 50.0. The van der Waals surface area contributed by atoms with Gasteiger partial charge in [0.25, 0.3) is 0 Å². The van der Waals surface area contributed by atoms with Crippen LogP contribution in [0.1, 0.15) is 52.4 Å². The summed E-state index contributed by atoms with van der Waals surface area (Å²) in [5.74, 6) is 0.868. The van der Waals surface area contributed by atoms with Crippen LogP contribution in [0.4, 0.5) is 0 Å². The molecule has 1 amide bonds. The molecule has 3 fully saturated rings. The van der Waals surface area contributed by atoms with Crippen LogP contribution in [0.25, 0.3) is 0 Å². The van der Waals surface area contributed by atoms with Gasteiger partial charge >= 0.3 is 0 Å². The van der Waals surface area contributed by atoms with E-state index in [1.54, 1.807) is 17.2 Å². The van der Waals surface area contributed by atoms with Crippen LogP contribution in [0, 0.1) is 33.5 Å². The molecular formula is C21H29N3O2. The third kappa shape index (κ3) is 1.64. The SMILES string of the molecule is C=N[C@@]12CCC3C(CC[C@]4(C)C(=O)CC[C@@]34C=N)[C@@]1(C)C=CC(=O)N2C. The lowest BCUT2D eigenvalue weighted by Crippen LogP contribution is -2.68. The molecule has 0 aromatic heterocycles. The van der Waals surface area contributed by atoms with E-state index >= 15 is 0 Å². The van der Waals surface area contributed by atoms with E-state index in [-0.39, 0.29) is 28.6 Å². The molecule has 5 heteroatoms. The molecule has 1 aliphatic heterocycles. The second kappa shape index (κ2) is 5.14. The van der Waals surface area contributed by atoms with Crippen LogP contribution in [0.3, 0.4) is 0 Å². The van der Waals surface area contributed by atoms with Gasteiger partial charge in [-0.15, -0.1) is 0 Å². The third-order valence-electron chi connectivity index (χ3n) is 8.92. The summed E-state index contributed by atoms with van der Waals surface area (Å²) in [6.45, 7) is 8.17.